The van der Waals surface area contributed by atoms with Gasteiger partial charge in [0.1, 0.15) is 0 Å². The molecule has 0 spiro atoms. The third-order valence-corrected chi connectivity index (χ3v) is 4.35. The summed E-state index contributed by atoms with van der Waals surface area (Å²) in [5.41, 5.74) is 3.38. The molecule has 1 aromatic rings. The van der Waals surface area contributed by atoms with Crippen molar-refractivity contribution in [1.82, 2.24) is 4.90 Å². The molecule has 1 aliphatic heterocycles. The fourth-order valence-electron chi connectivity index (χ4n) is 2.89. The number of hydrogen-bond acceptors (Lipinski definition) is 2. The van der Waals surface area contributed by atoms with Crippen LogP contribution in [0, 0.1) is 30.1 Å². The lowest BCUT2D eigenvalue weighted by atomic mass is 9.95. The van der Waals surface area contributed by atoms with Crippen molar-refractivity contribution in [1.29, 1.82) is 0 Å². The molecule has 126 valence electrons. The second kappa shape index (κ2) is 9.99. The SMILES string of the molecule is C#Cc1cccc(/C(=C/C(C)CCN2CCOCC2)CC#CC)c1. The van der Waals surface area contributed by atoms with E-state index in [4.69, 9.17) is 11.2 Å². The van der Waals surface area contributed by atoms with Gasteiger partial charge in [0.15, 0.2) is 0 Å². The summed E-state index contributed by atoms with van der Waals surface area (Å²) in [4.78, 5) is 2.48. The Bertz CT molecular complexity index is 651. The molecule has 0 N–H and O–H groups in total. The van der Waals surface area contributed by atoms with Crippen LogP contribution in [-0.4, -0.2) is 37.7 Å². The maximum Gasteiger partial charge on any atom is 0.0594 e. The molecule has 1 fully saturated rings. The van der Waals surface area contributed by atoms with Crippen molar-refractivity contribution in [2.45, 2.75) is 26.7 Å². The summed E-state index contributed by atoms with van der Waals surface area (Å²) in [5.74, 6) is 9.43. The molecule has 24 heavy (non-hydrogen) atoms. The number of morpholine rings is 1. The first-order valence-corrected chi connectivity index (χ1v) is 8.70. The number of terminal acetylenes is 1. The Balaban J connectivity index is 2.05. The van der Waals surface area contributed by atoms with E-state index in [2.05, 4.69) is 47.8 Å². The molecule has 1 aliphatic rings. The van der Waals surface area contributed by atoms with Crippen LogP contribution >= 0.6 is 0 Å². The largest absolute Gasteiger partial charge is 0.379 e. The third kappa shape index (κ3) is 5.89. The Morgan fingerprint density at radius 2 is 2.17 bits per heavy atom. The van der Waals surface area contributed by atoms with E-state index in [0.717, 1.165) is 51.3 Å². The maximum absolute atomic E-state index is 5.54. The van der Waals surface area contributed by atoms with Crippen LogP contribution in [0.4, 0.5) is 0 Å². The highest BCUT2D eigenvalue weighted by molar-refractivity contribution is 5.69. The summed E-state index contributed by atoms with van der Waals surface area (Å²) in [6, 6.07) is 8.20. The van der Waals surface area contributed by atoms with Crippen LogP contribution in [0.5, 0.6) is 0 Å². The zero-order chi connectivity index (χ0) is 17.2. The van der Waals surface area contributed by atoms with Crippen molar-refractivity contribution < 1.29 is 4.74 Å². The van der Waals surface area contributed by atoms with Gasteiger partial charge in [-0.3, -0.25) is 4.90 Å². The van der Waals surface area contributed by atoms with E-state index in [0.29, 0.717) is 5.92 Å². The predicted molar refractivity (Wildman–Crippen MR) is 101 cm³/mol. The van der Waals surface area contributed by atoms with Crippen molar-refractivity contribution in [3.63, 3.8) is 0 Å². The number of hydrogen-bond donors (Lipinski definition) is 0. The lowest BCUT2D eigenvalue weighted by Crippen LogP contribution is -2.37. The normalized spacial score (nSPS) is 16.8. The van der Waals surface area contributed by atoms with Gasteiger partial charge in [0.2, 0.25) is 0 Å². The summed E-state index contributed by atoms with van der Waals surface area (Å²) in [6.45, 7) is 9.12. The molecular formula is C22H27NO. The fraction of sp³-hybridized carbons (Fsp3) is 0.455. The first-order chi connectivity index (χ1) is 11.7. The summed E-state index contributed by atoms with van der Waals surface area (Å²) < 4.78 is 5.41. The highest BCUT2D eigenvalue weighted by Gasteiger charge is 2.11. The summed E-state index contributed by atoms with van der Waals surface area (Å²) in [6.07, 6.45) is 9.82. The van der Waals surface area contributed by atoms with Gasteiger partial charge in [0.05, 0.1) is 13.2 Å². The van der Waals surface area contributed by atoms with Gasteiger partial charge in [0.25, 0.3) is 0 Å². The van der Waals surface area contributed by atoms with Crippen LogP contribution in [-0.2, 0) is 4.74 Å². The van der Waals surface area contributed by atoms with Gasteiger partial charge in [-0.15, -0.1) is 12.3 Å². The molecule has 0 radical (unpaired) electrons. The number of benzene rings is 1. The molecule has 1 unspecified atom stereocenters. The number of allylic oxidation sites excluding steroid dienone is 2. The highest BCUT2D eigenvalue weighted by atomic mass is 16.5. The van der Waals surface area contributed by atoms with E-state index < -0.39 is 0 Å². The van der Waals surface area contributed by atoms with Gasteiger partial charge in [-0.1, -0.05) is 37.0 Å². The van der Waals surface area contributed by atoms with Gasteiger partial charge in [0, 0.05) is 25.1 Å². The molecular weight excluding hydrogens is 294 g/mol. The lowest BCUT2D eigenvalue weighted by Gasteiger charge is -2.27. The second-order valence-corrected chi connectivity index (χ2v) is 6.24. The predicted octanol–water partition coefficient (Wildman–Crippen LogP) is 3.82. The molecule has 1 atom stereocenters. The minimum Gasteiger partial charge on any atom is -0.379 e. The van der Waals surface area contributed by atoms with Gasteiger partial charge in [-0.2, -0.15) is 0 Å². The molecule has 2 nitrogen and oxygen atoms in total. The molecule has 0 bridgehead atoms. The monoisotopic (exact) mass is 321 g/mol. The molecule has 0 aliphatic carbocycles. The minimum absolute atomic E-state index is 0.510. The van der Waals surface area contributed by atoms with Crippen molar-refractivity contribution >= 4 is 5.57 Å². The van der Waals surface area contributed by atoms with E-state index in [1.165, 1.54) is 11.1 Å². The van der Waals surface area contributed by atoms with E-state index >= 15 is 0 Å². The molecule has 0 aromatic heterocycles. The molecule has 1 heterocycles. The highest BCUT2D eigenvalue weighted by Crippen LogP contribution is 2.22. The number of nitrogens with zero attached hydrogens (tertiary/aromatic N) is 1. The van der Waals surface area contributed by atoms with Crippen molar-refractivity contribution in [2.75, 3.05) is 32.8 Å². The summed E-state index contributed by atoms with van der Waals surface area (Å²) in [5, 5.41) is 0. The summed E-state index contributed by atoms with van der Waals surface area (Å²) in [7, 11) is 0. The Kier molecular flexibility index (Phi) is 7.63. The second-order valence-electron chi connectivity index (χ2n) is 6.24. The zero-order valence-electron chi connectivity index (χ0n) is 14.8. The van der Waals surface area contributed by atoms with Crippen LogP contribution in [0.3, 0.4) is 0 Å². The van der Waals surface area contributed by atoms with Crippen LogP contribution < -0.4 is 0 Å². The quantitative estimate of drug-likeness (QED) is 0.739. The Morgan fingerprint density at radius 3 is 2.88 bits per heavy atom. The standard InChI is InChI=1S/C22H27NO/c1-4-6-9-21(22-10-7-8-20(5-2)18-22)17-19(3)11-12-23-13-15-24-16-14-23/h2,7-8,10,17-19H,9,11-16H2,1,3H3/b21-17+. The minimum atomic E-state index is 0.510. The average Bonchev–Trinajstić information content (AvgIpc) is 2.64. The summed E-state index contributed by atoms with van der Waals surface area (Å²) >= 11 is 0. The van der Waals surface area contributed by atoms with Gasteiger partial charge >= 0.3 is 0 Å². The lowest BCUT2D eigenvalue weighted by molar-refractivity contribution is 0.0364. The van der Waals surface area contributed by atoms with E-state index in [1.54, 1.807) is 0 Å². The van der Waals surface area contributed by atoms with Crippen molar-refractivity contribution in [3.8, 4) is 24.2 Å². The Labute approximate surface area is 146 Å². The van der Waals surface area contributed by atoms with E-state index in [9.17, 15) is 0 Å². The molecule has 1 aromatic carbocycles. The average molecular weight is 321 g/mol. The number of ether oxygens (including phenoxy) is 1. The van der Waals surface area contributed by atoms with Crippen molar-refractivity contribution in [2.24, 2.45) is 5.92 Å². The Hall–Kier alpha value is -2.00. The first kappa shape index (κ1) is 18.3. The zero-order valence-corrected chi connectivity index (χ0v) is 14.8. The van der Waals surface area contributed by atoms with Gasteiger partial charge in [-0.25, -0.2) is 0 Å². The molecule has 0 amide bonds. The molecule has 0 saturated carbocycles. The van der Waals surface area contributed by atoms with E-state index in [1.807, 2.05) is 19.1 Å². The molecule has 1 saturated heterocycles. The van der Waals surface area contributed by atoms with Crippen LogP contribution in [0.15, 0.2) is 30.3 Å². The van der Waals surface area contributed by atoms with Crippen LogP contribution in [0.25, 0.3) is 5.57 Å². The third-order valence-electron chi connectivity index (χ3n) is 4.35. The smallest absolute Gasteiger partial charge is 0.0594 e. The molecule has 2 heteroatoms. The van der Waals surface area contributed by atoms with Crippen LogP contribution in [0.1, 0.15) is 37.8 Å². The molecule has 2 rings (SSSR count). The van der Waals surface area contributed by atoms with Gasteiger partial charge < -0.3 is 4.74 Å². The van der Waals surface area contributed by atoms with Crippen molar-refractivity contribution in [3.05, 3.63) is 41.5 Å². The van der Waals surface area contributed by atoms with Gasteiger partial charge in [-0.05, 0) is 49.1 Å². The van der Waals surface area contributed by atoms with E-state index in [-0.39, 0.29) is 0 Å². The maximum atomic E-state index is 5.54. The fourth-order valence-corrected chi connectivity index (χ4v) is 2.89. The first-order valence-electron chi connectivity index (χ1n) is 8.70. The Morgan fingerprint density at radius 1 is 1.38 bits per heavy atom. The topological polar surface area (TPSA) is 12.5 Å². The number of rotatable bonds is 6. The van der Waals surface area contributed by atoms with Crippen LogP contribution in [0.2, 0.25) is 0 Å².